The van der Waals surface area contributed by atoms with Crippen LogP contribution in [0.2, 0.25) is 0 Å². The van der Waals surface area contributed by atoms with Crippen LogP contribution in [0.3, 0.4) is 0 Å². The second-order valence-electron chi connectivity index (χ2n) is 6.24. The zero-order valence-corrected chi connectivity index (χ0v) is 11.9. The third-order valence-corrected chi connectivity index (χ3v) is 5.03. The molecule has 0 bridgehead atoms. The standard InChI is InChI=1S/C22H12/c1-2-6-14-10-18-16(9-13(14)5-1)12-20-21-17-8-4-3-7-15(17)11-19(18)22(20)21/h1-12H. The Kier molecular flexibility index (Phi) is 1.71. The van der Waals surface area contributed by atoms with E-state index >= 15 is 0 Å². The first kappa shape index (κ1) is 10.8. The number of hydrogen-bond acceptors (Lipinski definition) is 0. The first-order chi connectivity index (χ1) is 10.9. The molecule has 0 heterocycles. The van der Waals surface area contributed by atoms with Gasteiger partial charge in [-0.2, -0.15) is 0 Å². The second-order valence-corrected chi connectivity index (χ2v) is 6.24. The van der Waals surface area contributed by atoms with Crippen LogP contribution < -0.4 is 0 Å². The van der Waals surface area contributed by atoms with Gasteiger partial charge in [0.1, 0.15) is 0 Å². The molecule has 1 aliphatic rings. The average Bonchev–Trinajstić information content (AvgIpc) is 3.29. The van der Waals surface area contributed by atoms with Crippen LogP contribution in [0.5, 0.6) is 0 Å². The fraction of sp³-hybridized carbons (Fsp3) is 0. The summed E-state index contributed by atoms with van der Waals surface area (Å²) in [5.41, 5.74) is 2.91. The predicted molar refractivity (Wildman–Crippen MR) is 95.5 cm³/mol. The molecule has 0 spiro atoms. The Balaban J connectivity index is 1.89. The summed E-state index contributed by atoms with van der Waals surface area (Å²) in [7, 11) is 0. The van der Waals surface area contributed by atoms with Gasteiger partial charge in [0, 0.05) is 0 Å². The Hall–Kier alpha value is -2.86. The van der Waals surface area contributed by atoms with Crippen molar-refractivity contribution in [3.05, 3.63) is 72.8 Å². The van der Waals surface area contributed by atoms with Crippen LogP contribution in [-0.4, -0.2) is 0 Å². The van der Waals surface area contributed by atoms with Crippen molar-refractivity contribution in [1.29, 1.82) is 0 Å². The van der Waals surface area contributed by atoms with E-state index in [0.717, 1.165) is 0 Å². The lowest BCUT2D eigenvalue weighted by atomic mass is 10.0. The lowest BCUT2D eigenvalue weighted by Gasteiger charge is -2.03. The summed E-state index contributed by atoms with van der Waals surface area (Å²) in [5.74, 6) is 0. The zero-order chi connectivity index (χ0) is 14.3. The lowest BCUT2D eigenvalue weighted by molar-refractivity contribution is 1.80. The molecule has 0 aromatic heterocycles. The fourth-order valence-electron chi connectivity index (χ4n) is 3.96. The molecule has 0 heteroatoms. The molecule has 5 aromatic carbocycles. The Morgan fingerprint density at radius 1 is 0.455 bits per heavy atom. The van der Waals surface area contributed by atoms with Gasteiger partial charge in [0.25, 0.3) is 0 Å². The predicted octanol–water partition coefficient (Wildman–Crippen LogP) is 6.28. The maximum absolute atomic E-state index is 2.37. The summed E-state index contributed by atoms with van der Waals surface area (Å²) in [6, 6.07) is 26.8. The maximum atomic E-state index is 2.37. The Morgan fingerprint density at radius 3 is 2.00 bits per heavy atom. The van der Waals surface area contributed by atoms with E-state index in [1.54, 1.807) is 0 Å². The van der Waals surface area contributed by atoms with Crippen molar-refractivity contribution in [2.75, 3.05) is 0 Å². The fourth-order valence-corrected chi connectivity index (χ4v) is 3.96. The first-order valence-corrected chi connectivity index (χ1v) is 7.71. The molecule has 0 atom stereocenters. The van der Waals surface area contributed by atoms with Crippen molar-refractivity contribution in [3.8, 4) is 11.1 Å². The molecule has 0 unspecified atom stereocenters. The van der Waals surface area contributed by atoms with E-state index in [1.165, 1.54) is 54.2 Å². The molecule has 0 nitrogen and oxygen atoms in total. The van der Waals surface area contributed by atoms with Crippen molar-refractivity contribution in [3.63, 3.8) is 0 Å². The summed E-state index contributed by atoms with van der Waals surface area (Å²) < 4.78 is 0. The molecule has 5 aromatic rings. The number of hydrogen-bond donors (Lipinski definition) is 0. The highest BCUT2D eigenvalue weighted by Gasteiger charge is 2.26. The molecule has 0 saturated heterocycles. The van der Waals surface area contributed by atoms with Gasteiger partial charge in [-0.25, -0.2) is 0 Å². The molecule has 0 N–H and O–H groups in total. The highest BCUT2D eigenvalue weighted by atomic mass is 14.3. The summed E-state index contributed by atoms with van der Waals surface area (Å²) in [4.78, 5) is 0. The molecule has 0 amide bonds. The summed E-state index contributed by atoms with van der Waals surface area (Å²) >= 11 is 0. The molecule has 1 aliphatic carbocycles. The average molecular weight is 276 g/mol. The molecular weight excluding hydrogens is 264 g/mol. The van der Waals surface area contributed by atoms with E-state index in [1.807, 2.05) is 0 Å². The van der Waals surface area contributed by atoms with Crippen LogP contribution in [0, 0.1) is 0 Å². The maximum Gasteiger partial charge on any atom is -0.00132 e. The quantitative estimate of drug-likeness (QED) is 0.226. The van der Waals surface area contributed by atoms with E-state index in [-0.39, 0.29) is 0 Å². The number of benzene rings is 5. The van der Waals surface area contributed by atoms with E-state index in [2.05, 4.69) is 72.8 Å². The van der Waals surface area contributed by atoms with Crippen LogP contribution in [-0.2, 0) is 0 Å². The van der Waals surface area contributed by atoms with Crippen LogP contribution in [0.4, 0.5) is 0 Å². The topological polar surface area (TPSA) is 0 Å². The molecule has 0 aliphatic heterocycles. The number of rotatable bonds is 0. The van der Waals surface area contributed by atoms with Gasteiger partial charge in [-0.3, -0.25) is 0 Å². The highest BCUT2D eigenvalue weighted by molar-refractivity contribution is 6.36. The van der Waals surface area contributed by atoms with Gasteiger partial charge in [0.2, 0.25) is 0 Å². The van der Waals surface area contributed by atoms with Crippen molar-refractivity contribution in [1.82, 2.24) is 0 Å². The van der Waals surface area contributed by atoms with Crippen molar-refractivity contribution in [2.45, 2.75) is 0 Å². The zero-order valence-electron chi connectivity index (χ0n) is 11.9. The molecule has 22 heavy (non-hydrogen) atoms. The van der Waals surface area contributed by atoms with Crippen molar-refractivity contribution < 1.29 is 0 Å². The molecule has 0 saturated carbocycles. The monoisotopic (exact) mass is 276 g/mol. The molecular formula is C22H12. The van der Waals surface area contributed by atoms with Crippen LogP contribution >= 0.6 is 0 Å². The van der Waals surface area contributed by atoms with Gasteiger partial charge in [-0.1, -0.05) is 48.5 Å². The minimum atomic E-state index is 1.32. The third kappa shape index (κ3) is 1.19. The summed E-state index contributed by atoms with van der Waals surface area (Å²) in [5, 5.41) is 11.0. The SMILES string of the molecule is c1ccc2cc3c(cc4c5c-4c4ccccc4cc53)cc2c1. The molecule has 6 rings (SSSR count). The van der Waals surface area contributed by atoms with Crippen molar-refractivity contribution >= 4 is 43.1 Å². The first-order valence-electron chi connectivity index (χ1n) is 7.71. The number of fused-ring (bicyclic) bond motifs is 6. The van der Waals surface area contributed by atoms with E-state index in [0.29, 0.717) is 0 Å². The van der Waals surface area contributed by atoms with Gasteiger partial charge >= 0.3 is 0 Å². The van der Waals surface area contributed by atoms with Gasteiger partial charge in [-0.15, -0.1) is 0 Å². The third-order valence-electron chi connectivity index (χ3n) is 5.03. The minimum Gasteiger partial charge on any atom is -0.0616 e. The Bertz CT molecular complexity index is 1250. The van der Waals surface area contributed by atoms with Crippen LogP contribution in [0.25, 0.3) is 54.2 Å². The Morgan fingerprint density at radius 2 is 1.14 bits per heavy atom. The van der Waals surface area contributed by atoms with E-state index in [4.69, 9.17) is 0 Å². The van der Waals surface area contributed by atoms with E-state index in [9.17, 15) is 0 Å². The molecule has 0 fully saturated rings. The summed E-state index contributed by atoms with van der Waals surface area (Å²) in [6.45, 7) is 0. The van der Waals surface area contributed by atoms with Gasteiger partial charge < -0.3 is 0 Å². The highest BCUT2D eigenvalue weighted by Crippen LogP contribution is 2.54. The van der Waals surface area contributed by atoms with Crippen LogP contribution in [0.1, 0.15) is 0 Å². The van der Waals surface area contributed by atoms with E-state index < -0.39 is 0 Å². The van der Waals surface area contributed by atoms with Gasteiger partial charge in [-0.05, 0) is 78.5 Å². The molecule has 100 valence electrons. The molecule has 0 radical (unpaired) electrons. The second kappa shape index (κ2) is 3.48. The summed E-state index contributed by atoms with van der Waals surface area (Å²) in [6.07, 6.45) is 0. The van der Waals surface area contributed by atoms with Gasteiger partial charge in [0.05, 0.1) is 0 Å². The normalized spacial score (nSPS) is 12.5. The van der Waals surface area contributed by atoms with Crippen LogP contribution in [0.15, 0.2) is 72.8 Å². The Labute approximate surface area is 127 Å². The van der Waals surface area contributed by atoms with Gasteiger partial charge in [0.15, 0.2) is 0 Å². The minimum absolute atomic E-state index is 1.32. The smallest absolute Gasteiger partial charge is 0.00132 e. The van der Waals surface area contributed by atoms with Crippen molar-refractivity contribution in [2.24, 2.45) is 0 Å². The lowest BCUT2D eigenvalue weighted by Crippen LogP contribution is -1.76. The largest absolute Gasteiger partial charge is 0.0616 e.